The Balaban J connectivity index is 2.11. The first-order valence-electron chi connectivity index (χ1n) is 6.04. The number of carbonyl (C=O) groups excluding carboxylic acids is 1. The van der Waals surface area contributed by atoms with Gasteiger partial charge in [0.2, 0.25) is 0 Å². The summed E-state index contributed by atoms with van der Waals surface area (Å²) in [5.74, 6) is 0.136. The molecule has 1 aliphatic heterocycles. The highest BCUT2D eigenvalue weighted by Crippen LogP contribution is 2.25. The van der Waals surface area contributed by atoms with Crippen molar-refractivity contribution in [3.8, 4) is 0 Å². The van der Waals surface area contributed by atoms with E-state index in [1.54, 1.807) is 6.92 Å². The van der Waals surface area contributed by atoms with E-state index < -0.39 is 0 Å². The molecule has 2 nitrogen and oxygen atoms in total. The van der Waals surface area contributed by atoms with Gasteiger partial charge in [0.15, 0.2) is 5.78 Å². The van der Waals surface area contributed by atoms with Gasteiger partial charge in [-0.2, -0.15) is 0 Å². The van der Waals surface area contributed by atoms with Crippen LogP contribution >= 0.6 is 0 Å². The van der Waals surface area contributed by atoms with Gasteiger partial charge in [0.1, 0.15) is 0 Å². The van der Waals surface area contributed by atoms with Crippen LogP contribution in [-0.4, -0.2) is 11.8 Å². The van der Waals surface area contributed by atoms with Gasteiger partial charge in [0, 0.05) is 17.6 Å². The zero-order valence-electron chi connectivity index (χ0n) is 9.99. The van der Waals surface area contributed by atoms with Gasteiger partial charge in [0.25, 0.3) is 0 Å². The molecular formula is C14H19NO. The lowest BCUT2D eigenvalue weighted by molar-refractivity contribution is 0.101. The summed E-state index contributed by atoms with van der Waals surface area (Å²) in [6.07, 6.45) is 3.75. The minimum Gasteiger partial charge on any atom is -0.307 e. The third kappa shape index (κ3) is 2.50. The number of ketones is 1. The Labute approximate surface area is 97.1 Å². The van der Waals surface area contributed by atoms with E-state index in [9.17, 15) is 4.79 Å². The van der Waals surface area contributed by atoms with Crippen LogP contribution in [0.15, 0.2) is 24.3 Å². The van der Waals surface area contributed by atoms with Gasteiger partial charge in [0.05, 0.1) is 0 Å². The zero-order valence-corrected chi connectivity index (χ0v) is 9.99. The monoisotopic (exact) mass is 217 g/mol. The maximum Gasteiger partial charge on any atom is 0.159 e. The summed E-state index contributed by atoms with van der Waals surface area (Å²) in [5, 5.41) is 3.60. The number of Topliss-reactive ketones (excluding diaryl/α,β-unsaturated/α-hetero) is 1. The molecule has 0 saturated carbocycles. The Morgan fingerprint density at radius 3 is 2.50 bits per heavy atom. The molecule has 0 aliphatic carbocycles. The van der Waals surface area contributed by atoms with Crippen molar-refractivity contribution in [3.63, 3.8) is 0 Å². The maximum atomic E-state index is 11.2. The highest BCUT2D eigenvalue weighted by Gasteiger charge is 2.18. The standard InChI is InChI=1S/C14H19NO/c1-10-4-3-5-14(15-10)13-8-6-12(7-9-13)11(2)16/h6-10,14-15H,3-5H2,1-2H3. The zero-order chi connectivity index (χ0) is 11.5. The molecule has 0 amide bonds. The molecule has 1 heterocycles. The van der Waals surface area contributed by atoms with Crippen LogP contribution in [0.1, 0.15) is 55.1 Å². The first kappa shape index (κ1) is 11.3. The van der Waals surface area contributed by atoms with Crippen molar-refractivity contribution in [2.24, 2.45) is 0 Å². The average Bonchev–Trinajstić information content (AvgIpc) is 2.29. The Morgan fingerprint density at radius 2 is 1.94 bits per heavy atom. The van der Waals surface area contributed by atoms with Gasteiger partial charge in [-0.25, -0.2) is 0 Å². The molecule has 1 saturated heterocycles. The minimum atomic E-state index is 0.136. The normalized spacial score (nSPS) is 25.4. The average molecular weight is 217 g/mol. The van der Waals surface area contributed by atoms with Crippen molar-refractivity contribution in [2.75, 3.05) is 0 Å². The summed E-state index contributed by atoms with van der Waals surface area (Å²) in [7, 11) is 0. The molecule has 86 valence electrons. The van der Waals surface area contributed by atoms with Crippen molar-refractivity contribution in [3.05, 3.63) is 35.4 Å². The smallest absolute Gasteiger partial charge is 0.159 e. The molecule has 0 radical (unpaired) electrons. The van der Waals surface area contributed by atoms with Crippen LogP contribution in [0.5, 0.6) is 0 Å². The molecule has 16 heavy (non-hydrogen) atoms. The quantitative estimate of drug-likeness (QED) is 0.771. The minimum absolute atomic E-state index is 0.136. The first-order valence-corrected chi connectivity index (χ1v) is 6.04. The van der Waals surface area contributed by atoms with Crippen LogP contribution in [0.3, 0.4) is 0 Å². The van der Waals surface area contributed by atoms with E-state index in [-0.39, 0.29) is 5.78 Å². The number of piperidine rings is 1. The van der Waals surface area contributed by atoms with E-state index in [2.05, 4.69) is 24.4 Å². The van der Waals surface area contributed by atoms with Crippen LogP contribution in [-0.2, 0) is 0 Å². The lowest BCUT2D eigenvalue weighted by atomic mass is 9.93. The summed E-state index contributed by atoms with van der Waals surface area (Å²) in [6.45, 7) is 3.84. The topological polar surface area (TPSA) is 29.1 Å². The van der Waals surface area contributed by atoms with Crippen molar-refractivity contribution in [1.82, 2.24) is 5.32 Å². The van der Waals surface area contributed by atoms with Crippen molar-refractivity contribution in [1.29, 1.82) is 0 Å². The van der Waals surface area contributed by atoms with Crippen molar-refractivity contribution >= 4 is 5.78 Å². The van der Waals surface area contributed by atoms with Gasteiger partial charge in [-0.1, -0.05) is 30.7 Å². The van der Waals surface area contributed by atoms with Gasteiger partial charge in [-0.15, -0.1) is 0 Å². The number of carbonyl (C=O) groups is 1. The summed E-state index contributed by atoms with van der Waals surface area (Å²) in [6, 6.07) is 9.08. The second-order valence-corrected chi connectivity index (χ2v) is 4.73. The van der Waals surface area contributed by atoms with Gasteiger partial charge in [-0.3, -0.25) is 4.79 Å². The van der Waals surface area contributed by atoms with Crippen molar-refractivity contribution in [2.45, 2.75) is 45.2 Å². The lowest BCUT2D eigenvalue weighted by Crippen LogP contribution is -2.34. The molecule has 2 atom stereocenters. The van der Waals surface area contributed by atoms with Crippen LogP contribution in [0.4, 0.5) is 0 Å². The van der Waals surface area contributed by atoms with Crippen LogP contribution in [0, 0.1) is 0 Å². The number of benzene rings is 1. The van der Waals surface area contributed by atoms with Crippen LogP contribution in [0.2, 0.25) is 0 Å². The second-order valence-electron chi connectivity index (χ2n) is 4.73. The van der Waals surface area contributed by atoms with Gasteiger partial charge in [-0.05, 0) is 32.3 Å². The predicted molar refractivity (Wildman–Crippen MR) is 65.6 cm³/mol. The third-order valence-electron chi connectivity index (χ3n) is 3.34. The molecule has 0 bridgehead atoms. The van der Waals surface area contributed by atoms with E-state index >= 15 is 0 Å². The molecule has 1 aliphatic rings. The molecule has 0 aromatic heterocycles. The molecular weight excluding hydrogens is 198 g/mol. The third-order valence-corrected chi connectivity index (χ3v) is 3.34. The Morgan fingerprint density at radius 1 is 1.25 bits per heavy atom. The molecule has 1 aromatic carbocycles. The van der Waals surface area contributed by atoms with Gasteiger partial charge >= 0.3 is 0 Å². The predicted octanol–water partition coefficient (Wildman–Crippen LogP) is 3.09. The Hall–Kier alpha value is -1.15. The Kier molecular flexibility index (Phi) is 3.39. The summed E-state index contributed by atoms with van der Waals surface area (Å²) in [4.78, 5) is 11.2. The number of hydrogen-bond donors (Lipinski definition) is 1. The number of nitrogens with one attached hydrogen (secondary N) is 1. The maximum absolute atomic E-state index is 11.2. The van der Waals surface area contributed by atoms with Crippen LogP contribution < -0.4 is 5.32 Å². The Bertz CT molecular complexity index is 369. The fourth-order valence-corrected chi connectivity index (χ4v) is 2.35. The molecule has 1 fully saturated rings. The number of hydrogen-bond acceptors (Lipinski definition) is 2. The van der Waals surface area contributed by atoms with E-state index in [0.717, 1.165) is 5.56 Å². The summed E-state index contributed by atoms with van der Waals surface area (Å²) < 4.78 is 0. The van der Waals surface area contributed by atoms with E-state index in [1.165, 1.54) is 24.8 Å². The molecule has 2 heteroatoms. The lowest BCUT2D eigenvalue weighted by Gasteiger charge is -2.29. The van der Waals surface area contributed by atoms with E-state index in [0.29, 0.717) is 12.1 Å². The second kappa shape index (κ2) is 4.79. The number of rotatable bonds is 2. The fourth-order valence-electron chi connectivity index (χ4n) is 2.35. The largest absolute Gasteiger partial charge is 0.307 e. The fraction of sp³-hybridized carbons (Fsp3) is 0.500. The molecule has 1 N–H and O–H groups in total. The van der Waals surface area contributed by atoms with Crippen LogP contribution in [0.25, 0.3) is 0 Å². The summed E-state index contributed by atoms with van der Waals surface area (Å²) >= 11 is 0. The first-order chi connectivity index (χ1) is 7.66. The molecule has 2 rings (SSSR count). The summed E-state index contributed by atoms with van der Waals surface area (Å²) in [5.41, 5.74) is 2.10. The van der Waals surface area contributed by atoms with E-state index in [1.807, 2.05) is 12.1 Å². The SMILES string of the molecule is CC(=O)c1ccc(C2CCCC(C)N2)cc1. The van der Waals surface area contributed by atoms with Crippen molar-refractivity contribution < 1.29 is 4.79 Å². The van der Waals surface area contributed by atoms with E-state index in [4.69, 9.17) is 0 Å². The molecule has 2 unspecified atom stereocenters. The highest BCUT2D eigenvalue weighted by molar-refractivity contribution is 5.94. The molecule has 0 spiro atoms. The molecule has 1 aromatic rings. The van der Waals surface area contributed by atoms with Gasteiger partial charge < -0.3 is 5.32 Å². The highest BCUT2D eigenvalue weighted by atomic mass is 16.1.